The molecule has 0 aliphatic carbocycles. The highest BCUT2D eigenvalue weighted by atomic mass is 35.5. The van der Waals surface area contributed by atoms with E-state index in [1.54, 1.807) is 30.3 Å². The molecule has 33 heavy (non-hydrogen) atoms. The van der Waals surface area contributed by atoms with Crippen LogP contribution in [0.25, 0.3) is 0 Å². The van der Waals surface area contributed by atoms with Crippen LogP contribution < -0.4 is 25.0 Å². The van der Waals surface area contributed by atoms with Crippen LogP contribution in [-0.2, 0) is 16.2 Å². The van der Waals surface area contributed by atoms with Crippen molar-refractivity contribution in [2.24, 2.45) is 5.10 Å². The molecule has 0 saturated carbocycles. The number of hydrazone groups is 1. The highest BCUT2D eigenvalue weighted by Crippen LogP contribution is 2.29. The van der Waals surface area contributed by atoms with Gasteiger partial charge in [0.25, 0.3) is 0 Å². The second kappa shape index (κ2) is 11.5. The number of methoxy groups -OCH3 is 2. The van der Waals surface area contributed by atoms with Crippen molar-refractivity contribution in [2.75, 3.05) is 19.5 Å². The highest BCUT2D eigenvalue weighted by molar-refractivity contribution is 6.40. The number of carbonyl (C=O) groups excluding carboxylic acids is 2. The maximum atomic E-state index is 12.1. The van der Waals surface area contributed by atoms with Crippen LogP contribution in [0.2, 0.25) is 5.02 Å². The summed E-state index contributed by atoms with van der Waals surface area (Å²) >= 11 is 5.92. The summed E-state index contributed by atoms with van der Waals surface area (Å²) in [6.07, 6.45) is 1.38. The first kappa shape index (κ1) is 23.6. The smallest absolute Gasteiger partial charge is 0.329 e. The predicted molar refractivity (Wildman–Crippen MR) is 126 cm³/mol. The Labute approximate surface area is 196 Å². The molecular weight excluding hydrogens is 446 g/mol. The zero-order chi connectivity index (χ0) is 23.6. The van der Waals surface area contributed by atoms with Crippen LogP contribution in [0.3, 0.4) is 0 Å². The summed E-state index contributed by atoms with van der Waals surface area (Å²) in [6, 6.07) is 19.6. The van der Waals surface area contributed by atoms with E-state index in [-0.39, 0.29) is 5.69 Å². The Bertz CT molecular complexity index is 1150. The van der Waals surface area contributed by atoms with Crippen molar-refractivity contribution in [1.82, 2.24) is 5.43 Å². The van der Waals surface area contributed by atoms with Gasteiger partial charge in [-0.15, -0.1) is 0 Å². The number of amides is 2. The maximum Gasteiger partial charge on any atom is 0.329 e. The topological polar surface area (TPSA) is 98.2 Å². The standard InChI is InChI=1S/C24H22ClN3O5/c1-31-20-11-9-18(25)13-19(20)27-23(29)24(30)28-26-14-17-8-10-21(22(12-17)32-2)33-15-16-6-4-3-5-7-16/h3-14H,15H2,1-2H3,(H,27,29)(H,28,30)/b26-14+. The SMILES string of the molecule is COc1ccc(Cl)cc1NC(=O)C(=O)N/N=C/c1ccc(OCc2ccccc2)c(OC)c1. The van der Waals surface area contributed by atoms with E-state index >= 15 is 0 Å². The normalized spacial score (nSPS) is 10.5. The molecule has 170 valence electrons. The number of nitrogens with one attached hydrogen (secondary N) is 2. The minimum absolute atomic E-state index is 0.268. The third-order valence-corrected chi connectivity index (χ3v) is 4.66. The zero-order valence-electron chi connectivity index (χ0n) is 18.0. The first-order chi connectivity index (χ1) is 16.0. The van der Waals surface area contributed by atoms with E-state index < -0.39 is 11.8 Å². The molecular formula is C24H22ClN3O5. The fraction of sp³-hybridized carbons (Fsp3) is 0.125. The fourth-order valence-electron chi connectivity index (χ4n) is 2.79. The lowest BCUT2D eigenvalue weighted by Crippen LogP contribution is -2.32. The molecule has 3 aromatic carbocycles. The van der Waals surface area contributed by atoms with Gasteiger partial charge in [0.15, 0.2) is 11.5 Å². The van der Waals surface area contributed by atoms with Crippen LogP contribution in [0.15, 0.2) is 71.8 Å². The predicted octanol–water partition coefficient (Wildman–Crippen LogP) is 4.03. The van der Waals surface area contributed by atoms with Gasteiger partial charge in [-0.05, 0) is 47.5 Å². The third kappa shape index (κ3) is 6.72. The van der Waals surface area contributed by atoms with Crippen molar-refractivity contribution in [3.8, 4) is 17.2 Å². The first-order valence-electron chi connectivity index (χ1n) is 9.83. The average Bonchev–Trinajstić information content (AvgIpc) is 2.83. The summed E-state index contributed by atoms with van der Waals surface area (Å²) in [7, 11) is 2.97. The molecule has 0 aliphatic heterocycles. The molecule has 0 spiro atoms. The van der Waals surface area contributed by atoms with Gasteiger partial charge in [-0.1, -0.05) is 41.9 Å². The van der Waals surface area contributed by atoms with Gasteiger partial charge in [-0.2, -0.15) is 5.10 Å². The highest BCUT2D eigenvalue weighted by Gasteiger charge is 2.15. The van der Waals surface area contributed by atoms with Gasteiger partial charge in [-0.3, -0.25) is 9.59 Å². The third-order valence-electron chi connectivity index (χ3n) is 4.42. The summed E-state index contributed by atoms with van der Waals surface area (Å²) < 4.78 is 16.3. The Morgan fingerprint density at radius 1 is 0.909 bits per heavy atom. The monoisotopic (exact) mass is 467 g/mol. The Morgan fingerprint density at radius 3 is 2.36 bits per heavy atom. The van der Waals surface area contributed by atoms with Gasteiger partial charge in [0, 0.05) is 5.02 Å². The number of hydrogen-bond donors (Lipinski definition) is 2. The van der Waals surface area contributed by atoms with Crippen molar-refractivity contribution < 1.29 is 23.8 Å². The van der Waals surface area contributed by atoms with E-state index in [1.807, 2.05) is 30.3 Å². The molecule has 0 unspecified atom stereocenters. The number of rotatable bonds is 8. The summed E-state index contributed by atoms with van der Waals surface area (Å²) in [5.74, 6) is -0.437. The molecule has 2 amide bonds. The van der Waals surface area contributed by atoms with E-state index in [4.69, 9.17) is 25.8 Å². The van der Waals surface area contributed by atoms with Crippen molar-refractivity contribution in [3.05, 3.63) is 82.9 Å². The van der Waals surface area contributed by atoms with Crippen LogP contribution >= 0.6 is 11.6 Å². The van der Waals surface area contributed by atoms with E-state index in [0.717, 1.165) is 5.56 Å². The molecule has 0 heterocycles. The molecule has 0 bridgehead atoms. The quantitative estimate of drug-likeness (QED) is 0.296. The molecule has 3 rings (SSSR count). The Kier molecular flexibility index (Phi) is 8.26. The summed E-state index contributed by atoms with van der Waals surface area (Å²) in [6.45, 7) is 0.396. The van der Waals surface area contributed by atoms with E-state index in [2.05, 4.69) is 15.8 Å². The summed E-state index contributed by atoms with van der Waals surface area (Å²) in [4.78, 5) is 24.2. The Balaban J connectivity index is 1.58. The summed E-state index contributed by atoms with van der Waals surface area (Å²) in [5.41, 5.74) is 4.11. The van der Waals surface area contributed by atoms with Gasteiger partial charge < -0.3 is 19.5 Å². The number of ether oxygens (including phenoxy) is 3. The molecule has 0 saturated heterocycles. The fourth-order valence-corrected chi connectivity index (χ4v) is 2.96. The lowest BCUT2D eigenvalue weighted by atomic mass is 10.2. The second-order valence-corrected chi connectivity index (χ2v) is 7.12. The van der Waals surface area contributed by atoms with Crippen LogP contribution in [0.4, 0.5) is 5.69 Å². The molecule has 0 aliphatic rings. The first-order valence-corrected chi connectivity index (χ1v) is 10.2. The van der Waals surface area contributed by atoms with Gasteiger partial charge in [0.2, 0.25) is 0 Å². The van der Waals surface area contributed by atoms with Gasteiger partial charge in [-0.25, -0.2) is 5.43 Å². The number of halogens is 1. The van der Waals surface area contributed by atoms with Crippen LogP contribution in [-0.4, -0.2) is 32.2 Å². The van der Waals surface area contributed by atoms with Crippen LogP contribution in [0.1, 0.15) is 11.1 Å². The number of anilines is 1. The van der Waals surface area contributed by atoms with E-state index in [9.17, 15) is 9.59 Å². The second-order valence-electron chi connectivity index (χ2n) is 6.68. The molecule has 0 fully saturated rings. The molecule has 2 N–H and O–H groups in total. The molecule has 8 nitrogen and oxygen atoms in total. The Morgan fingerprint density at radius 2 is 1.64 bits per heavy atom. The van der Waals surface area contributed by atoms with Crippen LogP contribution in [0, 0.1) is 0 Å². The van der Waals surface area contributed by atoms with Crippen molar-refractivity contribution >= 4 is 35.3 Å². The largest absolute Gasteiger partial charge is 0.495 e. The minimum atomic E-state index is -0.956. The maximum absolute atomic E-state index is 12.1. The number of carbonyl (C=O) groups is 2. The lowest BCUT2D eigenvalue weighted by Gasteiger charge is -2.11. The van der Waals surface area contributed by atoms with E-state index in [1.165, 1.54) is 26.5 Å². The average molecular weight is 468 g/mol. The Hall–Kier alpha value is -4.04. The van der Waals surface area contributed by atoms with Gasteiger partial charge in [0.1, 0.15) is 12.4 Å². The van der Waals surface area contributed by atoms with Crippen molar-refractivity contribution in [2.45, 2.75) is 6.61 Å². The van der Waals surface area contributed by atoms with E-state index in [0.29, 0.717) is 34.4 Å². The lowest BCUT2D eigenvalue weighted by molar-refractivity contribution is -0.136. The van der Waals surface area contributed by atoms with Gasteiger partial charge >= 0.3 is 11.8 Å². The van der Waals surface area contributed by atoms with Crippen molar-refractivity contribution in [3.63, 3.8) is 0 Å². The van der Waals surface area contributed by atoms with Gasteiger partial charge in [0.05, 0.1) is 26.1 Å². The number of nitrogens with zero attached hydrogens (tertiary/aromatic N) is 1. The zero-order valence-corrected chi connectivity index (χ0v) is 18.8. The molecule has 0 atom stereocenters. The van der Waals surface area contributed by atoms with Crippen LogP contribution in [0.5, 0.6) is 17.2 Å². The van der Waals surface area contributed by atoms with Crippen molar-refractivity contribution in [1.29, 1.82) is 0 Å². The summed E-state index contributed by atoms with van der Waals surface area (Å²) in [5, 5.41) is 6.64. The molecule has 0 aromatic heterocycles. The number of hydrogen-bond acceptors (Lipinski definition) is 6. The minimum Gasteiger partial charge on any atom is -0.495 e. The number of benzene rings is 3. The molecule has 9 heteroatoms. The molecule has 3 aromatic rings. The molecule has 0 radical (unpaired) electrons.